The number of morpholine rings is 1. The molecule has 2 heterocycles. The van der Waals surface area contributed by atoms with Gasteiger partial charge in [-0.2, -0.15) is 0 Å². The Morgan fingerprint density at radius 3 is 2.70 bits per heavy atom. The van der Waals surface area contributed by atoms with Crippen molar-refractivity contribution in [3.8, 4) is 5.75 Å². The van der Waals surface area contributed by atoms with E-state index in [-0.39, 0.29) is 18.0 Å². The van der Waals surface area contributed by atoms with Crippen LogP contribution in [0, 0.1) is 0 Å². The van der Waals surface area contributed by atoms with E-state index in [1.165, 1.54) is 0 Å². The van der Waals surface area contributed by atoms with Crippen molar-refractivity contribution in [3.63, 3.8) is 0 Å². The molecule has 1 aromatic carbocycles. The van der Waals surface area contributed by atoms with E-state index in [4.69, 9.17) is 20.4 Å². The first-order valence-electron chi connectivity index (χ1n) is 6.77. The Balaban J connectivity index is 1.97. The number of anilines is 1. The third-order valence-electron chi connectivity index (χ3n) is 3.97. The number of hydrogen-bond acceptors (Lipinski definition) is 5. The molecule has 2 bridgehead atoms. The average Bonchev–Trinajstić information content (AvgIpc) is 2.84. The number of nitrogens with two attached hydrogens (primary N) is 1. The smallest absolute Gasteiger partial charge is 0.172 e. The van der Waals surface area contributed by atoms with Crippen LogP contribution in [0.1, 0.15) is 18.4 Å². The summed E-state index contributed by atoms with van der Waals surface area (Å²) in [5.74, 6) is 0.870. The van der Waals surface area contributed by atoms with Crippen LogP contribution in [0.5, 0.6) is 5.75 Å². The quantitative estimate of drug-likeness (QED) is 0.375. The molecule has 2 fully saturated rings. The maximum atomic E-state index is 8.94. The van der Waals surface area contributed by atoms with Gasteiger partial charge in [-0.25, -0.2) is 0 Å². The number of rotatable bonds is 3. The standard InChI is InChI=1S/C14H19N3O3/c1-19-9-4-5-12(14(15)16-18)13(6-9)17-7-10-2-3-11(8-17)20-10/h4-6,10-11,18H,2-3,7-8H2,1H3,(H2,15,16). The number of fused-ring (bicyclic) bond motifs is 2. The van der Waals surface area contributed by atoms with Crippen LogP contribution in [0.15, 0.2) is 23.4 Å². The zero-order valence-corrected chi connectivity index (χ0v) is 11.5. The van der Waals surface area contributed by atoms with Gasteiger partial charge in [-0.1, -0.05) is 5.16 Å². The first-order valence-corrected chi connectivity index (χ1v) is 6.77. The molecule has 0 aromatic heterocycles. The topological polar surface area (TPSA) is 80.3 Å². The highest BCUT2D eigenvalue weighted by molar-refractivity contribution is 6.02. The molecule has 0 aliphatic carbocycles. The van der Waals surface area contributed by atoms with E-state index in [0.29, 0.717) is 0 Å². The molecule has 2 aliphatic rings. The fraction of sp³-hybridized carbons (Fsp3) is 0.500. The Labute approximate surface area is 117 Å². The first kappa shape index (κ1) is 13.1. The van der Waals surface area contributed by atoms with Gasteiger partial charge in [0.05, 0.1) is 25.0 Å². The third-order valence-corrected chi connectivity index (χ3v) is 3.97. The van der Waals surface area contributed by atoms with Crippen molar-refractivity contribution in [2.75, 3.05) is 25.1 Å². The number of amidine groups is 1. The zero-order chi connectivity index (χ0) is 14.1. The summed E-state index contributed by atoms with van der Waals surface area (Å²) in [4.78, 5) is 2.24. The highest BCUT2D eigenvalue weighted by Gasteiger charge is 2.34. The van der Waals surface area contributed by atoms with Crippen molar-refractivity contribution >= 4 is 11.5 Å². The van der Waals surface area contributed by atoms with Crippen molar-refractivity contribution in [2.45, 2.75) is 25.0 Å². The monoisotopic (exact) mass is 277 g/mol. The molecule has 108 valence electrons. The summed E-state index contributed by atoms with van der Waals surface area (Å²) >= 11 is 0. The summed E-state index contributed by atoms with van der Waals surface area (Å²) in [6, 6.07) is 5.56. The van der Waals surface area contributed by atoms with Crippen LogP contribution in [-0.4, -0.2) is 43.5 Å². The van der Waals surface area contributed by atoms with Crippen LogP contribution >= 0.6 is 0 Å². The number of benzene rings is 1. The van der Waals surface area contributed by atoms with E-state index >= 15 is 0 Å². The first-order chi connectivity index (χ1) is 9.71. The van der Waals surface area contributed by atoms with Crippen LogP contribution in [0.25, 0.3) is 0 Å². The van der Waals surface area contributed by atoms with Crippen molar-refractivity contribution in [3.05, 3.63) is 23.8 Å². The number of oxime groups is 1. The lowest BCUT2D eigenvalue weighted by molar-refractivity contribution is 0.0305. The predicted molar refractivity (Wildman–Crippen MR) is 75.6 cm³/mol. The van der Waals surface area contributed by atoms with Gasteiger partial charge in [-0.15, -0.1) is 0 Å². The summed E-state index contributed by atoms with van der Waals surface area (Å²) in [7, 11) is 1.63. The van der Waals surface area contributed by atoms with Crippen molar-refractivity contribution in [1.29, 1.82) is 0 Å². The second-order valence-electron chi connectivity index (χ2n) is 5.23. The zero-order valence-electron chi connectivity index (χ0n) is 11.5. The molecule has 2 unspecified atom stereocenters. The number of nitrogens with zero attached hydrogens (tertiary/aromatic N) is 2. The summed E-state index contributed by atoms with van der Waals surface area (Å²) in [5, 5.41) is 12.1. The molecular formula is C14H19N3O3. The van der Waals surface area contributed by atoms with E-state index in [2.05, 4.69) is 10.1 Å². The van der Waals surface area contributed by atoms with Gasteiger partial charge >= 0.3 is 0 Å². The molecule has 6 nitrogen and oxygen atoms in total. The SMILES string of the molecule is COc1ccc(/C(N)=N/O)c(N2CC3CCC(C2)O3)c1. The summed E-state index contributed by atoms with van der Waals surface area (Å²) < 4.78 is 11.1. The Kier molecular flexibility index (Phi) is 3.40. The van der Waals surface area contributed by atoms with Crippen molar-refractivity contribution in [1.82, 2.24) is 0 Å². The molecule has 2 saturated heterocycles. The minimum Gasteiger partial charge on any atom is -0.497 e. The maximum absolute atomic E-state index is 8.94. The van der Waals surface area contributed by atoms with E-state index in [1.54, 1.807) is 7.11 Å². The van der Waals surface area contributed by atoms with Gasteiger partial charge in [-0.3, -0.25) is 0 Å². The van der Waals surface area contributed by atoms with E-state index in [9.17, 15) is 0 Å². The van der Waals surface area contributed by atoms with E-state index < -0.39 is 0 Å². The minimum absolute atomic E-state index is 0.112. The molecule has 0 spiro atoms. The van der Waals surface area contributed by atoms with Crippen LogP contribution in [0.4, 0.5) is 5.69 Å². The number of hydrogen-bond donors (Lipinski definition) is 2. The minimum atomic E-state index is 0.112. The van der Waals surface area contributed by atoms with Crippen molar-refractivity contribution in [2.24, 2.45) is 10.9 Å². The maximum Gasteiger partial charge on any atom is 0.172 e. The van der Waals surface area contributed by atoms with Gasteiger partial charge in [0.2, 0.25) is 0 Å². The Hall–Kier alpha value is -1.95. The molecule has 1 aromatic rings. The molecule has 3 N–H and O–H groups in total. The van der Waals surface area contributed by atoms with Crippen LogP contribution in [-0.2, 0) is 4.74 Å². The van der Waals surface area contributed by atoms with Gasteiger partial charge in [-0.05, 0) is 25.0 Å². The Morgan fingerprint density at radius 2 is 2.10 bits per heavy atom. The van der Waals surface area contributed by atoms with Crippen LogP contribution in [0.2, 0.25) is 0 Å². The fourth-order valence-corrected chi connectivity index (χ4v) is 2.98. The molecule has 0 radical (unpaired) electrons. The number of methoxy groups -OCH3 is 1. The van der Waals surface area contributed by atoms with Gasteiger partial charge < -0.3 is 25.3 Å². The Morgan fingerprint density at radius 1 is 1.40 bits per heavy atom. The molecule has 2 aliphatic heterocycles. The molecular weight excluding hydrogens is 258 g/mol. The highest BCUT2D eigenvalue weighted by Crippen LogP contribution is 2.33. The molecule has 6 heteroatoms. The fourth-order valence-electron chi connectivity index (χ4n) is 2.98. The normalized spacial score (nSPS) is 25.9. The third kappa shape index (κ3) is 2.27. The van der Waals surface area contributed by atoms with E-state index in [1.807, 2.05) is 18.2 Å². The molecule has 0 saturated carbocycles. The van der Waals surface area contributed by atoms with Gasteiger partial charge in [0.15, 0.2) is 5.84 Å². The largest absolute Gasteiger partial charge is 0.497 e. The summed E-state index contributed by atoms with van der Waals surface area (Å²) in [6.45, 7) is 1.66. The molecule has 3 rings (SSSR count). The van der Waals surface area contributed by atoms with Crippen LogP contribution in [0.3, 0.4) is 0 Å². The molecule has 20 heavy (non-hydrogen) atoms. The predicted octanol–water partition coefficient (Wildman–Crippen LogP) is 1.16. The molecule has 2 atom stereocenters. The van der Waals surface area contributed by atoms with Gasteiger partial charge in [0.1, 0.15) is 5.75 Å². The highest BCUT2D eigenvalue weighted by atomic mass is 16.5. The van der Waals surface area contributed by atoms with Gasteiger partial charge in [0.25, 0.3) is 0 Å². The van der Waals surface area contributed by atoms with E-state index in [0.717, 1.165) is 42.9 Å². The lowest BCUT2D eigenvalue weighted by Gasteiger charge is -2.35. The Bertz CT molecular complexity index is 520. The summed E-state index contributed by atoms with van der Waals surface area (Å²) in [5.41, 5.74) is 7.43. The summed E-state index contributed by atoms with van der Waals surface area (Å²) in [6.07, 6.45) is 2.76. The number of ether oxygens (including phenoxy) is 2. The van der Waals surface area contributed by atoms with Gasteiger partial charge in [0, 0.05) is 24.7 Å². The lowest BCUT2D eigenvalue weighted by atomic mass is 10.1. The molecule has 0 amide bonds. The average molecular weight is 277 g/mol. The lowest BCUT2D eigenvalue weighted by Crippen LogP contribution is -2.43. The van der Waals surface area contributed by atoms with Crippen molar-refractivity contribution < 1.29 is 14.7 Å². The second-order valence-corrected chi connectivity index (χ2v) is 5.23. The van der Waals surface area contributed by atoms with Crippen LogP contribution < -0.4 is 15.4 Å². The second kappa shape index (κ2) is 5.20.